The highest BCUT2D eigenvalue weighted by Gasteiger charge is 2.31. The molecule has 0 spiro atoms. The number of ketones is 1. The maximum absolute atomic E-state index is 12.2. The minimum atomic E-state index is -4.81. The first-order chi connectivity index (χ1) is 9.90. The number of ether oxygens (including phenoxy) is 2. The van der Waals surface area contributed by atoms with Gasteiger partial charge in [0.1, 0.15) is 17.2 Å². The minimum absolute atomic E-state index is 0.0209. The molecule has 1 heterocycles. The number of benzene rings is 1. The summed E-state index contributed by atoms with van der Waals surface area (Å²) < 4.78 is 45.2. The molecule has 1 aromatic carbocycles. The van der Waals surface area contributed by atoms with Gasteiger partial charge in [0, 0.05) is 12.3 Å². The number of nitrogens with zero attached hydrogens (tertiary/aromatic N) is 1. The molecule has 0 bridgehead atoms. The summed E-state index contributed by atoms with van der Waals surface area (Å²) in [5.74, 6) is -0.935. The fourth-order valence-electron chi connectivity index (χ4n) is 1.69. The maximum Gasteiger partial charge on any atom is 0.573 e. The number of hydrogen-bond acceptors (Lipinski definition) is 4. The molecular formula is C14H10F3NO3. The van der Waals surface area contributed by atoms with E-state index in [0.717, 1.165) is 12.1 Å². The van der Waals surface area contributed by atoms with Crippen LogP contribution in [0, 0.1) is 0 Å². The molecule has 2 aromatic rings. The Hall–Kier alpha value is -2.57. The second kappa shape index (κ2) is 5.82. The summed E-state index contributed by atoms with van der Waals surface area (Å²) in [5.41, 5.74) is 0.269. The van der Waals surface area contributed by atoms with Crippen LogP contribution in [0.5, 0.6) is 11.5 Å². The number of carbonyl (C=O) groups excluding carboxylic acids is 1. The molecule has 0 saturated heterocycles. The van der Waals surface area contributed by atoms with Crippen molar-refractivity contribution in [1.82, 2.24) is 4.98 Å². The number of pyridine rings is 1. The number of carbonyl (C=O) groups is 1. The standard InChI is InChI=1S/C14H10F3NO3/c1-20-12-8-9(21-14(15,16)17)5-6-10(12)13(19)11-4-2-3-7-18-11/h2-8H,1H3. The zero-order valence-corrected chi connectivity index (χ0v) is 10.8. The Morgan fingerprint density at radius 2 is 1.95 bits per heavy atom. The van der Waals surface area contributed by atoms with Gasteiger partial charge in [-0.3, -0.25) is 9.78 Å². The quantitative estimate of drug-likeness (QED) is 0.813. The van der Waals surface area contributed by atoms with Crippen molar-refractivity contribution in [2.24, 2.45) is 0 Å². The highest BCUT2D eigenvalue weighted by atomic mass is 19.4. The Morgan fingerprint density at radius 1 is 1.19 bits per heavy atom. The summed E-state index contributed by atoms with van der Waals surface area (Å²) in [5, 5.41) is 0. The lowest BCUT2D eigenvalue weighted by atomic mass is 10.1. The molecule has 0 amide bonds. The third kappa shape index (κ3) is 3.71. The van der Waals surface area contributed by atoms with Crippen LogP contribution in [0.1, 0.15) is 16.1 Å². The van der Waals surface area contributed by atoms with Gasteiger partial charge in [-0.05, 0) is 24.3 Å². The number of alkyl halides is 3. The molecule has 21 heavy (non-hydrogen) atoms. The van der Waals surface area contributed by atoms with Crippen molar-refractivity contribution in [3.63, 3.8) is 0 Å². The molecule has 0 aliphatic carbocycles. The topological polar surface area (TPSA) is 48.4 Å². The lowest BCUT2D eigenvalue weighted by molar-refractivity contribution is -0.274. The van der Waals surface area contributed by atoms with Crippen LogP contribution in [-0.4, -0.2) is 24.2 Å². The molecule has 7 heteroatoms. The molecule has 0 fully saturated rings. The number of rotatable bonds is 4. The average molecular weight is 297 g/mol. The van der Waals surface area contributed by atoms with Gasteiger partial charge >= 0.3 is 6.36 Å². The Morgan fingerprint density at radius 3 is 2.52 bits per heavy atom. The minimum Gasteiger partial charge on any atom is -0.496 e. The van der Waals surface area contributed by atoms with Gasteiger partial charge in [-0.25, -0.2) is 0 Å². The SMILES string of the molecule is COc1cc(OC(F)(F)F)ccc1C(=O)c1ccccn1. The number of hydrogen-bond donors (Lipinski definition) is 0. The first kappa shape index (κ1) is 14.8. The highest BCUT2D eigenvalue weighted by molar-refractivity contribution is 6.09. The van der Waals surface area contributed by atoms with Crippen molar-refractivity contribution in [3.05, 3.63) is 53.9 Å². The van der Waals surface area contributed by atoms with Gasteiger partial charge in [0.15, 0.2) is 0 Å². The largest absolute Gasteiger partial charge is 0.573 e. The zero-order valence-electron chi connectivity index (χ0n) is 10.8. The van der Waals surface area contributed by atoms with E-state index in [0.29, 0.717) is 0 Å². The smallest absolute Gasteiger partial charge is 0.496 e. The van der Waals surface area contributed by atoms with Gasteiger partial charge in [-0.1, -0.05) is 6.07 Å². The van der Waals surface area contributed by atoms with Crippen molar-refractivity contribution < 1.29 is 27.4 Å². The van der Waals surface area contributed by atoms with E-state index in [2.05, 4.69) is 9.72 Å². The molecule has 0 atom stereocenters. The van der Waals surface area contributed by atoms with Gasteiger partial charge in [0.25, 0.3) is 0 Å². The summed E-state index contributed by atoms with van der Waals surface area (Å²) in [4.78, 5) is 16.1. The second-order valence-corrected chi connectivity index (χ2v) is 3.95. The van der Waals surface area contributed by atoms with Crippen LogP contribution < -0.4 is 9.47 Å². The van der Waals surface area contributed by atoms with E-state index in [1.54, 1.807) is 12.1 Å². The normalized spacial score (nSPS) is 11.0. The summed E-state index contributed by atoms with van der Waals surface area (Å²) in [6.07, 6.45) is -3.36. The maximum atomic E-state index is 12.2. The number of aromatic nitrogens is 1. The first-order valence-electron chi connectivity index (χ1n) is 5.80. The third-order valence-electron chi connectivity index (χ3n) is 2.55. The van der Waals surface area contributed by atoms with Gasteiger partial charge < -0.3 is 9.47 Å². The van der Waals surface area contributed by atoms with Gasteiger partial charge in [0.2, 0.25) is 5.78 Å². The molecule has 0 aliphatic rings. The summed E-state index contributed by atoms with van der Waals surface area (Å²) in [6.45, 7) is 0. The van der Waals surface area contributed by atoms with E-state index >= 15 is 0 Å². The van der Waals surface area contributed by atoms with E-state index in [1.165, 1.54) is 25.4 Å². The average Bonchev–Trinajstić information content (AvgIpc) is 2.45. The van der Waals surface area contributed by atoms with Gasteiger partial charge in [-0.15, -0.1) is 13.2 Å². The summed E-state index contributed by atoms with van der Waals surface area (Å²) in [6, 6.07) is 8.04. The molecule has 0 saturated carbocycles. The molecule has 2 rings (SSSR count). The van der Waals surface area contributed by atoms with Crippen LogP contribution >= 0.6 is 0 Å². The third-order valence-corrected chi connectivity index (χ3v) is 2.55. The van der Waals surface area contributed by atoms with Gasteiger partial charge in [-0.2, -0.15) is 0 Å². The van der Waals surface area contributed by atoms with Crippen LogP contribution in [-0.2, 0) is 0 Å². The molecule has 0 aliphatic heterocycles. The Bertz CT molecular complexity index is 642. The fourth-order valence-corrected chi connectivity index (χ4v) is 1.69. The predicted molar refractivity (Wildman–Crippen MR) is 67.3 cm³/mol. The molecule has 4 nitrogen and oxygen atoms in total. The molecule has 0 N–H and O–H groups in total. The molecule has 0 unspecified atom stereocenters. The monoisotopic (exact) mass is 297 g/mol. The van der Waals surface area contributed by atoms with Crippen LogP contribution in [0.25, 0.3) is 0 Å². The van der Waals surface area contributed by atoms with Crippen molar-refractivity contribution >= 4 is 5.78 Å². The van der Waals surface area contributed by atoms with E-state index in [4.69, 9.17) is 4.74 Å². The van der Waals surface area contributed by atoms with Crippen molar-refractivity contribution in [2.75, 3.05) is 7.11 Å². The Labute approximate surface area is 118 Å². The number of methoxy groups -OCH3 is 1. The molecule has 0 radical (unpaired) electrons. The molecule has 110 valence electrons. The van der Waals surface area contributed by atoms with Crippen LogP contribution in [0.3, 0.4) is 0 Å². The lowest BCUT2D eigenvalue weighted by Crippen LogP contribution is -2.17. The zero-order chi connectivity index (χ0) is 15.5. The number of halogens is 3. The van der Waals surface area contributed by atoms with Gasteiger partial charge in [0.05, 0.1) is 12.7 Å². The second-order valence-electron chi connectivity index (χ2n) is 3.95. The molecule has 1 aromatic heterocycles. The predicted octanol–water partition coefficient (Wildman–Crippen LogP) is 3.22. The fraction of sp³-hybridized carbons (Fsp3) is 0.143. The summed E-state index contributed by atoms with van der Waals surface area (Å²) in [7, 11) is 1.25. The van der Waals surface area contributed by atoms with E-state index in [-0.39, 0.29) is 17.0 Å². The first-order valence-corrected chi connectivity index (χ1v) is 5.80. The Kier molecular flexibility index (Phi) is 4.11. The van der Waals surface area contributed by atoms with Crippen LogP contribution in [0.2, 0.25) is 0 Å². The lowest BCUT2D eigenvalue weighted by Gasteiger charge is -2.12. The highest BCUT2D eigenvalue weighted by Crippen LogP contribution is 2.30. The van der Waals surface area contributed by atoms with E-state index in [1.807, 2.05) is 0 Å². The van der Waals surface area contributed by atoms with Crippen LogP contribution in [0.4, 0.5) is 13.2 Å². The van der Waals surface area contributed by atoms with Crippen molar-refractivity contribution in [2.45, 2.75) is 6.36 Å². The van der Waals surface area contributed by atoms with E-state index in [9.17, 15) is 18.0 Å². The van der Waals surface area contributed by atoms with Crippen molar-refractivity contribution in [3.8, 4) is 11.5 Å². The van der Waals surface area contributed by atoms with Crippen molar-refractivity contribution in [1.29, 1.82) is 0 Å². The Balaban J connectivity index is 2.35. The van der Waals surface area contributed by atoms with E-state index < -0.39 is 17.9 Å². The molecular weight excluding hydrogens is 287 g/mol. The van der Waals surface area contributed by atoms with Crippen LogP contribution in [0.15, 0.2) is 42.6 Å². The summed E-state index contributed by atoms with van der Waals surface area (Å²) >= 11 is 0.